The molecular formula is C23H30N4O. The third-order valence-corrected chi connectivity index (χ3v) is 6.21. The molecule has 0 N–H and O–H groups in total. The Labute approximate surface area is 168 Å². The number of hydrogen-bond donors (Lipinski definition) is 0. The van der Waals surface area contributed by atoms with Gasteiger partial charge in [0, 0.05) is 45.5 Å². The molecule has 3 heterocycles. The molecule has 5 nitrogen and oxygen atoms in total. The van der Waals surface area contributed by atoms with Crippen molar-refractivity contribution in [2.45, 2.75) is 24.9 Å². The van der Waals surface area contributed by atoms with E-state index in [-0.39, 0.29) is 5.78 Å². The number of likely N-dealkylation sites (N-methyl/N-ethyl adjacent to an activating group) is 1. The molecule has 0 saturated carbocycles. The Bertz CT molecular complexity index is 774. The second-order valence-corrected chi connectivity index (χ2v) is 8.17. The first-order chi connectivity index (χ1) is 13.7. The van der Waals surface area contributed by atoms with Crippen LogP contribution >= 0.6 is 0 Å². The van der Waals surface area contributed by atoms with Crippen LogP contribution in [0.4, 0.5) is 0 Å². The second-order valence-electron chi connectivity index (χ2n) is 8.17. The van der Waals surface area contributed by atoms with Gasteiger partial charge in [0.25, 0.3) is 0 Å². The van der Waals surface area contributed by atoms with Gasteiger partial charge in [0.15, 0.2) is 0 Å². The Morgan fingerprint density at radius 3 is 2.43 bits per heavy atom. The Hall–Kier alpha value is -2.08. The molecule has 0 amide bonds. The van der Waals surface area contributed by atoms with Gasteiger partial charge in [-0.05, 0) is 44.1 Å². The molecular weight excluding hydrogens is 348 g/mol. The van der Waals surface area contributed by atoms with Crippen LogP contribution in [0.3, 0.4) is 0 Å². The molecule has 4 rings (SSSR count). The van der Waals surface area contributed by atoms with Gasteiger partial charge in [-0.25, -0.2) is 0 Å². The molecule has 0 spiro atoms. The number of piperazine rings is 1. The maximum absolute atomic E-state index is 13.6. The summed E-state index contributed by atoms with van der Waals surface area (Å²) in [5.74, 6) is 0.191. The van der Waals surface area contributed by atoms with Crippen LogP contribution in [0.2, 0.25) is 0 Å². The van der Waals surface area contributed by atoms with Gasteiger partial charge in [0.1, 0.15) is 5.69 Å². The van der Waals surface area contributed by atoms with E-state index >= 15 is 0 Å². The number of Topliss-reactive ketones (excluding diaryl/α,β-unsaturated/α-hetero) is 1. The summed E-state index contributed by atoms with van der Waals surface area (Å²) in [4.78, 5) is 25.2. The molecule has 1 unspecified atom stereocenters. The maximum atomic E-state index is 13.6. The number of aromatic nitrogens is 1. The van der Waals surface area contributed by atoms with Crippen LogP contribution in [0.5, 0.6) is 0 Å². The summed E-state index contributed by atoms with van der Waals surface area (Å²) in [6, 6.07) is 16.3. The predicted octanol–water partition coefficient (Wildman–Crippen LogP) is 2.55. The van der Waals surface area contributed by atoms with Crippen LogP contribution in [-0.4, -0.2) is 77.3 Å². The largest absolute Gasteiger partial charge is 0.304 e. The maximum Gasteiger partial charge on any atom is 0.202 e. The van der Waals surface area contributed by atoms with Crippen LogP contribution in [0.25, 0.3) is 0 Å². The lowest BCUT2D eigenvalue weighted by molar-refractivity contribution is -0.00405. The summed E-state index contributed by atoms with van der Waals surface area (Å²) < 4.78 is 0. The highest BCUT2D eigenvalue weighted by molar-refractivity contribution is 6.02. The average Bonchev–Trinajstić information content (AvgIpc) is 2.75. The zero-order chi connectivity index (χ0) is 19.4. The number of nitrogens with zero attached hydrogens (tertiary/aromatic N) is 4. The van der Waals surface area contributed by atoms with E-state index in [0.717, 1.165) is 58.7 Å². The molecule has 148 valence electrons. The first kappa shape index (κ1) is 19.2. The fourth-order valence-corrected chi connectivity index (χ4v) is 4.74. The predicted molar refractivity (Wildman–Crippen MR) is 111 cm³/mol. The third-order valence-electron chi connectivity index (χ3n) is 6.21. The zero-order valence-electron chi connectivity index (χ0n) is 16.8. The number of ketones is 1. The van der Waals surface area contributed by atoms with E-state index in [1.165, 1.54) is 5.56 Å². The molecule has 0 radical (unpaired) electrons. The number of hydrogen-bond acceptors (Lipinski definition) is 5. The molecule has 5 heteroatoms. The van der Waals surface area contributed by atoms with E-state index in [1.54, 1.807) is 6.20 Å². The van der Waals surface area contributed by atoms with Crippen molar-refractivity contribution in [1.29, 1.82) is 0 Å². The third kappa shape index (κ3) is 4.02. The van der Waals surface area contributed by atoms with Crippen molar-refractivity contribution in [2.75, 3.05) is 46.3 Å². The summed E-state index contributed by atoms with van der Waals surface area (Å²) in [5, 5.41) is 0. The second kappa shape index (κ2) is 8.52. The van der Waals surface area contributed by atoms with Crippen LogP contribution in [0.15, 0.2) is 54.7 Å². The summed E-state index contributed by atoms with van der Waals surface area (Å²) >= 11 is 0. The van der Waals surface area contributed by atoms with Gasteiger partial charge in [-0.15, -0.1) is 0 Å². The lowest BCUT2D eigenvalue weighted by Gasteiger charge is -2.50. The first-order valence-electron chi connectivity index (χ1n) is 10.3. The zero-order valence-corrected chi connectivity index (χ0v) is 16.8. The quantitative estimate of drug-likeness (QED) is 0.748. The monoisotopic (exact) mass is 378 g/mol. The molecule has 2 aliphatic rings. The van der Waals surface area contributed by atoms with Gasteiger partial charge in [-0.2, -0.15) is 0 Å². The topological polar surface area (TPSA) is 39.7 Å². The summed E-state index contributed by atoms with van der Waals surface area (Å²) in [5.41, 5.74) is 1.51. The molecule has 0 bridgehead atoms. The van der Waals surface area contributed by atoms with Crippen molar-refractivity contribution >= 4 is 5.78 Å². The van der Waals surface area contributed by atoms with Gasteiger partial charge >= 0.3 is 0 Å². The molecule has 2 fully saturated rings. The van der Waals surface area contributed by atoms with Crippen molar-refractivity contribution in [3.63, 3.8) is 0 Å². The minimum absolute atomic E-state index is 0.191. The van der Waals surface area contributed by atoms with E-state index in [1.807, 2.05) is 18.2 Å². The minimum Gasteiger partial charge on any atom is -0.304 e. The van der Waals surface area contributed by atoms with E-state index in [4.69, 9.17) is 0 Å². The highest BCUT2D eigenvalue weighted by Crippen LogP contribution is 2.31. The number of rotatable bonds is 5. The fourth-order valence-electron chi connectivity index (χ4n) is 4.74. The Balaban J connectivity index is 1.49. The minimum atomic E-state index is -0.444. The Kier molecular flexibility index (Phi) is 5.85. The summed E-state index contributed by atoms with van der Waals surface area (Å²) in [6.07, 6.45) is 3.70. The molecule has 1 atom stereocenters. The molecule has 0 aliphatic carbocycles. The molecule has 28 heavy (non-hydrogen) atoms. The number of carbonyl (C=O) groups excluding carboxylic acids is 1. The van der Waals surface area contributed by atoms with Gasteiger partial charge < -0.3 is 4.90 Å². The molecule has 1 aromatic carbocycles. The lowest BCUT2D eigenvalue weighted by Crippen LogP contribution is -2.66. The van der Waals surface area contributed by atoms with Crippen molar-refractivity contribution in [2.24, 2.45) is 0 Å². The van der Waals surface area contributed by atoms with Crippen molar-refractivity contribution in [1.82, 2.24) is 19.7 Å². The van der Waals surface area contributed by atoms with Gasteiger partial charge in [-0.1, -0.05) is 36.4 Å². The Morgan fingerprint density at radius 2 is 1.75 bits per heavy atom. The highest BCUT2D eigenvalue weighted by atomic mass is 16.1. The SMILES string of the molecule is CN1CCCC(C(=O)c2ccccn2)(N2CCN(Cc3ccccc3)CC2)C1. The molecule has 2 aliphatic heterocycles. The summed E-state index contributed by atoms with van der Waals surface area (Å²) in [6.45, 7) is 6.69. The number of likely N-dealkylation sites (tertiary alicyclic amines) is 1. The normalized spacial score (nSPS) is 24.9. The van der Waals surface area contributed by atoms with Crippen molar-refractivity contribution in [3.8, 4) is 0 Å². The lowest BCUT2D eigenvalue weighted by atomic mass is 9.81. The van der Waals surface area contributed by atoms with Gasteiger partial charge in [-0.3, -0.25) is 19.6 Å². The number of pyridine rings is 1. The Morgan fingerprint density at radius 1 is 1.00 bits per heavy atom. The standard InChI is InChI=1S/C23H30N4O/c1-25-13-7-11-23(19-25,22(28)21-10-5-6-12-24-21)27-16-14-26(15-17-27)18-20-8-3-2-4-9-20/h2-6,8-10,12H,7,11,13-19H2,1H3. The summed E-state index contributed by atoms with van der Waals surface area (Å²) in [7, 11) is 2.13. The van der Waals surface area contributed by atoms with Gasteiger partial charge in [0.05, 0.1) is 5.54 Å². The van der Waals surface area contributed by atoms with Crippen LogP contribution in [0, 0.1) is 0 Å². The molecule has 2 saturated heterocycles. The molecule has 1 aromatic heterocycles. The van der Waals surface area contributed by atoms with Crippen LogP contribution < -0.4 is 0 Å². The smallest absolute Gasteiger partial charge is 0.202 e. The number of piperidine rings is 1. The number of benzene rings is 1. The van der Waals surface area contributed by atoms with Crippen molar-refractivity contribution in [3.05, 3.63) is 66.0 Å². The van der Waals surface area contributed by atoms with Crippen LogP contribution in [-0.2, 0) is 6.54 Å². The molecule has 2 aromatic rings. The van der Waals surface area contributed by atoms with E-state index in [2.05, 4.69) is 57.1 Å². The van der Waals surface area contributed by atoms with E-state index in [9.17, 15) is 4.79 Å². The van der Waals surface area contributed by atoms with Gasteiger partial charge in [0.2, 0.25) is 5.78 Å². The van der Waals surface area contributed by atoms with E-state index in [0.29, 0.717) is 5.69 Å². The first-order valence-corrected chi connectivity index (χ1v) is 10.3. The average molecular weight is 379 g/mol. The highest BCUT2D eigenvalue weighted by Gasteiger charge is 2.47. The van der Waals surface area contributed by atoms with Crippen LogP contribution in [0.1, 0.15) is 28.9 Å². The van der Waals surface area contributed by atoms with Crippen molar-refractivity contribution < 1.29 is 4.79 Å². The number of carbonyl (C=O) groups is 1. The van der Waals surface area contributed by atoms with E-state index < -0.39 is 5.54 Å². The fraction of sp³-hybridized carbons (Fsp3) is 0.478.